The first-order valence-electron chi connectivity index (χ1n) is 14.9. The van der Waals surface area contributed by atoms with Crippen LogP contribution in [0.15, 0.2) is 164 Å². The van der Waals surface area contributed by atoms with Gasteiger partial charge in [-0.1, -0.05) is 91.0 Å². The number of hydrogen-bond acceptors (Lipinski definition) is 5. The molecule has 0 spiro atoms. The number of para-hydroxylation sites is 3. The smallest absolute Gasteiger partial charge is 0.373 e. The maximum atomic E-state index is 5.72. The fourth-order valence-corrected chi connectivity index (χ4v) is 7.47. The monoisotopic (exact) mass is 608 g/mol. The van der Waals surface area contributed by atoms with Crippen molar-refractivity contribution in [3.05, 3.63) is 164 Å². The lowest BCUT2D eigenvalue weighted by atomic mass is 10.0. The van der Waals surface area contributed by atoms with Crippen molar-refractivity contribution >= 4 is 48.1 Å². The van der Waals surface area contributed by atoms with Gasteiger partial charge in [-0.25, -0.2) is 0 Å². The highest BCUT2D eigenvalue weighted by Crippen LogP contribution is 2.39. The Bertz CT molecular complexity index is 1770. The van der Waals surface area contributed by atoms with Crippen molar-refractivity contribution in [2.75, 3.05) is 31.1 Å². The molecule has 0 saturated carbocycles. The average Bonchev–Trinajstić information content (AvgIpc) is 3.12. The summed E-state index contributed by atoms with van der Waals surface area (Å²) in [5, 5.41) is 0.902. The van der Waals surface area contributed by atoms with E-state index in [9.17, 15) is 0 Å². The number of anilines is 6. The van der Waals surface area contributed by atoms with Crippen LogP contribution < -0.4 is 15.0 Å². The third-order valence-electron chi connectivity index (χ3n) is 7.87. The first-order chi connectivity index (χ1) is 22.2. The molecule has 0 atom stereocenters. The van der Waals surface area contributed by atoms with E-state index in [0.717, 1.165) is 50.4 Å². The van der Waals surface area contributed by atoms with E-state index < -0.39 is 8.80 Å². The van der Waals surface area contributed by atoms with E-state index >= 15 is 0 Å². The number of hydrogen-bond donors (Lipinski definition) is 0. The number of rotatable bonds is 11. The van der Waals surface area contributed by atoms with Crippen LogP contribution in [-0.2, 0) is 13.3 Å². The minimum atomic E-state index is -2.95. The molecular weight excluding hydrogens is 573 g/mol. The van der Waals surface area contributed by atoms with Crippen LogP contribution in [0, 0.1) is 0 Å². The van der Waals surface area contributed by atoms with Gasteiger partial charge < -0.3 is 23.1 Å². The second-order valence-electron chi connectivity index (χ2n) is 10.5. The summed E-state index contributed by atoms with van der Waals surface area (Å²) < 4.78 is 17.2. The van der Waals surface area contributed by atoms with E-state index in [2.05, 4.69) is 143 Å². The summed E-state index contributed by atoms with van der Waals surface area (Å²) in [7, 11) is 1.93. The molecule has 45 heavy (non-hydrogen) atoms. The van der Waals surface area contributed by atoms with Crippen LogP contribution in [-0.4, -0.2) is 30.1 Å². The summed E-state index contributed by atoms with van der Waals surface area (Å²) in [6.45, 7) is 0. The predicted octanol–water partition coefficient (Wildman–Crippen LogP) is 9.38. The average molecular weight is 609 g/mol. The molecule has 0 aliphatic rings. The second kappa shape index (κ2) is 13.8. The fraction of sp³-hybridized carbons (Fsp3) is 0.0769. The Morgan fingerprint density at radius 3 is 1.04 bits per heavy atom. The third kappa shape index (κ3) is 6.31. The van der Waals surface area contributed by atoms with Crippen LogP contribution in [0.2, 0.25) is 0 Å². The highest BCUT2D eigenvalue weighted by Gasteiger charge is 2.40. The molecule has 5 nitrogen and oxygen atoms in total. The largest absolute Gasteiger partial charge is 0.536 e. The topological polar surface area (TPSA) is 34.2 Å². The molecule has 6 rings (SSSR count). The van der Waals surface area contributed by atoms with Crippen LogP contribution in [0.5, 0.6) is 0 Å². The normalized spacial score (nSPS) is 11.3. The molecule has 0 aliphatic carbocycles. The molecule has 0 saturated heterocycles. The van der Waals surface area contributed by atoms with Crippen molar-refractivity contribution in [3.63, 3.8) is 0 Å². The Morgan fingerprint density at radius 1 is 0.356 bits per heavy atom. The first kappa shape index (κ1) is 30.1. The highest BCUT2D eigenvalue weighted by molar-refractivity contribution is 6.75. The van der Waals surface area contributed by atoms with Gasteiger partial charge in [-0.05, 0) is 83.9 Å². The summed E-state index contributed by atoms with van der Waals surface area (Å²) in [4.78, 5) is 4.54. The van der Waals surface area contributed by atoms with E-state index in [1.54, 1.807) is 21.3 Å². The van der Waals surface area contributed by atoms with Gasteiger partial charge in [-0.2, -0.15) is 0 Å². The van der Waals surface area contributed by atoms with Crippen molar-refractivity contribution in [2.24, 2.45) is 0 Å². The van der Waals surface area contributed by atoms with Crippen LogP contribution in [0.3, 0.4) is 0 Å². The summed E-state index contributed by atoms with van der Waals surface area (Å²) in [5.74, 6) is 0. The number of nitrogens with zero attached hydrogens (tertiary/aromatic N) is 2. The lowest BCUT2D eigenvalue weighted by Crippen LogP contribution is -2.54. The Balaban J connectivity index is 1.41. The maximum Gasteiger partial charge on any atom is 0.536 e. The van der Waals surface area contributed by atoms with Gasteiger partial charge in [0.25, 0.3) is 0 Å². The first-order valence-corrected chi connectivity index (χ1v) is 16.6. The third-order valence-corrected chi connectivity index (χ3v) is 10.5. The van der Waals surface area contributed by atoms with Crippen molar-refractivity contribution in [1.82, 2.24) is 0 Å². The van der Waals surface area contributed by atoms with E-state index in [4.69, 9.17) is 13.3 Å². The van der Waals surface area contributed by atoms with E-state index in [1.165, 1.54) is 0 Å². The summed E-state index contributed by atoms with van der Waals surface area (Å²) in [5.41, 5.74) is 8.68. The Kier molecular flexibility index (Phi) is 9.19. The van der Waals surface area contributed by atoms with Crippen LogP contribution in [0.25, 0.3) is 11.1 Å². The molecule has 6 aromatic carbocycles. The molecule has 0 heterocycles. The van der Waals surface area contributed by atoms with Crippen molar-refractivity contribution in [3.8, 4) is 11.1 Å². The molecule has 6 heteroatoms. The highest BCUT2D eigenvalue weighted by atomic mass is 28.4. The molecule has 0 bridgehead atoms. The molecule has 0 N–H and O–H groups in total. The van der Waals surface area contributed by atoms with Crippen molar-refractivity contribution in [1.29, 1.82) is 0 Å². The minimum absolute atomic E-state index is 0.902. The van der Waals surface area contributed by atoms with Crippen LogP contribution >= 0.6 is 0 Å². The zero-order valence-electron chi connectivity index (χ0n) is 25.7. The minimum Gasteiger partial charge on any atom is -0.373 e. The molecule has 0 unspecified atom stereocenters. The Morgan fingerprint density at radius 2 is 0.689 bits per heavy atom. The van der Waals surface area contributed by atoms with Gasteiger partial charge in [-0.15, -0.1) is 0 Å². The van der Waals surface area contributed by atoms with Gasteiger partial charge in [-0.3, -0.25) is 0 Å². The summed E-state index contributed by atoms with van der Waals surface area (Å²) in [6, 6.07) is 57.0. The molecule has 0 radical (unpaired) electrons. The van der Waals surface area contributed by atoms with Gasteiger partial charge in [0, 0.05) is 60.6 Å². The molecule has 0 aliphatic heterocycles. The van der Waals surface area contributed by atoms with E-state index in [-0.39, 0.29) is 0 Å². The van der Waals surface area contributed by atoms with Gasteiger partial charge in [0.05, 0.1) is 0 Å². The van der Waals surface area contributed by atoms with E-state index in [1.807, 2.05) is 30.3 Å². The maximum absolute atomic E-state index is 5.72. The SMILES string of the molecule is CO[Si](OC)(OC)c1ccc(N(c2ccccc2)c2cccc(-c3cccc(N(c4ccccc4)c4ccccc4)c3)c2)cc1. The zero-order chi connectivity index (χ0) is 31.1. The molecule has 0 amide bonds. The van der Waals surface area contributed by atoms with E-state index in [0.29, 0.717) is 0 Å². The second-order valence-corrected chi connectivity index (χ2v) is 13.4. The Hall–Kier alpha value is -4.98. The Labute approximate surface area is 266 Å². The standard InChI is InChI=1S/C39H36N2O3Si/c1-42-45(43-2,44-3)39-27-25-36(26-28-39)41(35-21-11-6-12-22-35)38-24-14-16-32(30-38)31-15-13-23-37(29-31)40(33-17-7-4-8-18-33)34-19-9-5-10-20-34/h4-30H,1-3H3. The van der Waals surface area contributed by atoms with Crippen molar-refractivity contribution < 1.29 is 13.3 Å². The molecule has 224 valence electrons. The molecular formula is C39H36N2O3Si. The summed E-state index contributed by atoms with van der Waals surface area (Å²) >= 11 is 0. The lowest BCUT2D eigenvalue weighted by molar-refractivity contribution is 0.140. The quantitative estimate of drug-likeness (QED) is 0.137. The van der Waals surface area contributed by atoms with Crippen molar-refractivity contribution in [2.45, 2.75) is 0 Å². The van der Waals surface area contributed by atoms with Crippen LogP contribution in [0.1, 0.15) is 0 Å². The van der Waals surface area contributed by atoms with Gasteiger partial charge >= 0.3 is 8.80 Å². The summed E-state index contributed by atoms with van der Waals surface area (Å²) in [6.07, 6.45) is 0. The number of benzene rings is 6. The molecule has 0 fully saturated rings. The zero-order valence-corrected chi connectivity index (χ0v) is 26.7. The van der Waals surface area contributed by atoms with Gasteiger partial charge in [0.1, 0.15) is 0 Å². The predicted molar refractivity (Wildman–Crippen MR) is 188 cm³/mol. The lowest BCUT2D eigenvalue weighted by Gasteiger charge is -2.28. The molecule has 6 aromatic rings. The van der Waals surface area contributed by atoms with Gasteiger partial charge in [0.15, 0.2) is 0 Å². The fourth-order valence-electron chi connectivity index (χ4n) is 5.69. The van der Waals surface area contributed by atoms with Gasteiger partial charge in [0.2, 0.25) is 0 Å². The van der Waals surface area contributed by atoms with Crippen LogP contribution in [0.4, 0.5) is 34.1 Å². The molecule has 0 aromatic heterocycles.